The highest BCUT2D eigenvalue weighted by Crippen LogP contribution is 2.40. The van der Waals surface area contributed by atoms with Gasteiger partial charge in [-0.2, -0.15) is 13.2 Å². The van der Waals surface area contributed by atoms with Crippen LogP contribution in [0.2, 0.25) is 0 Å². The summed E-state index contributed by atoms with van der Waals surface area (Å²) in [7, 11) is 0. The van der Waals surface area contributed by atoms with E-state index in [9.17, 15) is 26.7 Å². The molecule has 0 bridgehead atoms. The van der Waals surface area contributed by atoms with Crippen LogP contribution in [0.3, 0.4) is 0 Å². The second kappa shape index (κ2) is 10.1. The van der Waals surface area contributed by atoms with Gasteiger partial charge >= 0.3 is 6.18 Å². The lowest BCUT2D eigenvalue weighted by atomic mass is 9.82. The summed E-state index contributed by atoms with van der Waals surface area (Å²) in [4.78, 5) is 17.6. The average Bonchev–Trinajstić information content (AvgIpc) is 2.87. The molecule has 3 aromatic carbocycles. The molecule has 4 nitrogen and oxygen atoms in total. The zero-order chi connectivity index (χ0) is 26.2. The molecule has 1 fully saturated rings. The van der Waals surface area contributed by atoms with Crippen molar-refractivity contribution in [2.45, 2.75) is 31.7 Å². The number of nitrogens with zero attached hydrogens (tertiary/aromatic N) is 2. The van der Waals surface area contributed by atoms with Crippen molar-refractivity contribution in [3.05, 3.63) is 101 Å². The van der Waals surface area contributed by atoms with Gasteiger partial charge in [0.05, 0.1) is 17.5 Å². The Morgan fingerprint density at radius 2 is 1.70 bits per heavy atom. The molecular formula is C28H26F5N3O. The van der Waals surface area contributed by atoms with Gasteiger partial charge in [-0.15, -0.1) is 0 Å². The van der Waals surface area contributed by atoms with Crippen LogP contribution in [0.4, 0.5) is 27.6 Å². The van der Waals surface area contributed by atoms with Crippen LogP contribution in [0.5, 0.6) is 0 Å². The van der Waals surface area contributed by atoms with Crippen molar-refractivity contribution in [2.24, 2.45) is 5.92 Å². The summed E-state index contributed by atoms with van der Waals surface area (Å²) >= 11 is 0. The van der Waals surface area contributed by atoms with E-state index >= 15 is 0 Å². The van der Waals surface area contributed by atoms with Crippen LogP contribution in [0, 0.1) is 17.6 Å². The molecule has 37 heavy (non-hydrogen) atoms. The molecule has 0 unspecified atom stereocenters. The summed E-state index contributed by atoms with van der Waals surface area (Å²) in [5.74, 6) is -1.61. The number of hydrogen-bond acceptors (Lipinski definition) is 3. The highest BCUT2D eigenvalue weighted by molar-refractivity contribution is 5.82. The summed E-state index contributed by atoms with van der Waals surface area (Å²) in [6, 6.07) is 15.6. The Labute approximate surface area is 211 Å². The van der Waals surface area contributed by atoms with E-state index in [4.69, 9.17) is 0 Å². The molecule has 2 atom stereocenters. The van der Waals surface area contributed by atoms with Crippen molar-refractivity contribution in [1.29, 1.82) is 0 Å². The second-order valence-electron chi connectivity index (χ2n) is 9.62. The number of carbonyl (C=O) groups is 1. The maximum Gasteiger partial charge on any atom is 0.416 e. The minimum absolute atomic E-state index is 0.120. The van der Waals surface area contributed by atoms with Crippen LogP contribution in [0.25, 0.3) is 0 Å². The zero-order valence-corrected chi connectivity index (χ0v) is 19.9. The van der Waals surface area contributed by atoms with E-state index < -0.39 is 23.5 Å². The fourth-order valence-corrected chi connectivity index (χ4v) is 5.32. The lowest BCUT2D eigenvalue weighted by molar-refractivity contribution is -0.137. The van der Waals surface area contributed by atoms with E-state index in [0.717, 1.165) is 17.7 Å². The molecule has 0 aromatic heterocycles. The first-order valence-corrected chi connectivity index (χ1v) is 12.1. The average molecular weight is 516 g/mol. The van der Waals surface area contributed by atoms with Crippen LogP contribution in [0.15, 0.2) is 66.7 Å². The Balaban J connectivity index is 1.40. The molecule has 5 rings (SSSR count). The van der Waals surface area contributed by atoms with E-state index in [1.54, 1.807) is 24.3 Å². The van der Waals surface area contributed by atoms with Crippen molar-refractivity contribution in [1.82, 2.24) is 10.2 Å². The molecule has 2 aliphatic rings. The minimum atomic E-state index is -4.48. The molecule has 0 aliphatic carbocycles. The zero-order valence-electron chi connectivity index (χ0n) is 19.9. The van der Waals surface area contributed by atoms with Gasteiger partial charge < -0.3 is 10.2 Å². The Morgan fingerprint density at radius 1 is 0.919 bits per heavy atom. The van der Waals surface area contributed by atoms with Gasteiger partial charge in [0.1, 0.15) is 11.6 Å². The van der Waals surface area contributed by atoms with E-state index in [2.05, 4.69) is 10.2 Å². The van der Waals surface area contributed by atoms with Crippen LogP contribution in [-0.2, 0) is 30.5 Å². The van der Waals surface area contributed by atoms with Crippen LogP contribution in [-0.4, -0.2) is 36.5 Å². The van der Waals surface area contributed by atoms with E-state index in [1.165, 1.54) is 30.3 Å². The third kappa shape index (κ3) is 5.61. The van der Waals surface area contributed by atoms with Gasteiger partial charge in [0.2, 0.25) is 5.91 Å². The number of hydrogen-bond donors (Lipinski definition) is 1. The first-order valence-electron chi connectivity index (χ1n) is 12.1. The van der Waals surface area contributed by atoms with Gasteiger partial charge in [0.15, 0.2) is 0 Å². The first kappa shape index (κ1) is 25.2. The quantitative estimate of drug-likeness (QED) is 0.477. The number of amides is 1. The first-order chi connectivity index (χ1) is 17.7. The Morgan fingerprint density at radius 3 is 2.43 bits per heavy atom. The standard InChI is InChI=1S/C28H26F5N3O/c29-22-7-4-18(5-8-22)16-35-10-11-36-25-9-6-21(28(31,32)33)13-20(25)14-24(26(36)17-35)27(37)34-15-19-2-1-3-23(30)12-19/h1-9,12-13,24,26H,10-11,14-17H2,(H,34,37)/t24-,26-/m0/s1. The van der Waals surface area contributed by atoms with Crippen molar-refractivity contribution < 1.29 is 26.7 Å². The van der Waals surface area contributed by atoms with Gasteiger partial charge in [-0.25, -0.2) is 8.78 Å². The van der Waals surface area contributed by atoms with Gasteiger partial charge in [-0.05, 0) is 65.6 Å². The number of nitrogens with one attached hydrogen (secondary N) is 1. The molecule has 1 saturated heterocycles. The number of benzene rings is 3. The third-order valence-electron chi connectivity index (χ3n) is 7.14. The predicted molar refractivity (Wildman–Crippen MR) is 130 cm³/mol. The van der Waals surface area contributed by atoms with E-state index in [1.807, 2.05) is 4.90 Å². The fraction of sp³-hybridized carbons (Fsp3) is 0.321. The predicted octanol–water partition coefficient (Wildman–Crippen LogP) is 5.16. The monoisotopic (exact) mass is 515 g/mol. The lowest BCUT2D eigenvalue weighted by Gasteiger charge is -2.49. The number of carbonyl (C=O) groups excluding carboxylic acids is 1. The van der Waals surface area contributed by atoms with Crippen molar-refractivity contribution in [3.63, 3.8) is 0 Å². The maximum absolute atomic E-state index is 13.6. The minimum Gasteiger partial charge on any atom is -0.365 e. The number of anilines is 1. The van der Waals surface area contributed by atoms with Gasteiger partial charge in [-0.1, -0.05) is 24.3 Å². The molecule has 1 N–H and O–H groups in total. The molecule has 2 heterocycles. The van der Waals surface area contributed by atoms with Gasteiger partial charge in [0.25, 0.3) is 0 Å². The van der Waals surface area contributed by atoms with Crippen molar-refractivity contribution >= 4 is 11.6 Å². The van der Waals surface area contributed by atoms with E-state index in [0.29, 0.717) is 43.0 Å². The Hall–Kier alpha value is -3.46. The van der Waals surface area contributed by atoms with E-state index in [-0.39, 0.29) is 30.7 Å². The van der Waals surface area contributed by atoms with Crippen LogP contribution >= 0.6 is 0 Å². The molecule has 2 aliphatic heterocycles. The second-order valence-corrected chi connectivity index (χ2v) is 9.62. The lowest BCUT2D eigenvalue weighted by Crippen LogP contribution is -2.60. The van der Waals surface area contributed by atoms with Crippen LogP contribution in [0.1, 0.15) is 22.3 Å². The number of alkyl halides is 3. The molecule has 0 spiro atoms. The van der Waals surface area contributed by atoms with Gasteiger partial charge in [-0.3, -0.25) is 9.69 Å². The summed E-state index contributed by atoms with van der Waals surface area (Å²) < 4.78 is 67.2. The fourth-order valence-electron chi connectivity index (χ4n) is 5.32. The molecule has 1 amide bonds. The topological polar surface area (TPSA) is 35.6 Å². The summed E-state index contributed by atoms with van der Waals surface area (Å²) in [5, 5.41) is 2.86. The molecule has 0 radical (unpaired) electrons. The Kier molecular flexibility index (Phi) is 6.90. The molecule has 0 saturated carbocycles. The SMILES string of the molecule is O=C(NCc1cccc(F)c1)[C@H]1Cc2cc(C(F)(F)F)ccc2N2CCN(Cc3ccc(F)cc3)C[C@@H]12. The number of halogens is 5. The normalized spacial score (nSPS) is 19.8. The number of fused-ring (bicyclic) bond motifs is 3. The summed E-state index contributed by atoms with van der Waals surface area (Å²) in [6.07, 6.45) is -4.31. The highest BCUT2D eigenvalue weighted by Gasteiger charge is 2.42. The van der Waals surface area contributed by atoms with Crippen LogP contribution < -0.4 is 10.2 Å². The number of piperazine rings is 1. The smallest absolute Gasteiger partial charge is 0.365 e. The molecule has 3 aromatic rings. The van der Waals surface area contributed by atoms with Crippen molar-refractivity contribution in [3.8, 4) is 0 Å². The molecule has 194 valence electrons. The highest BCUT2D eigenvalue weighted by atomic mass is 19.4. The van der Waals surface area contributed by atoms with Crippen molar-refractivity contribution in [2.75, 3.05) is 24.5 Å². The Bertz CT molecular complexity index is 1280. The maximum atomic E-state index is 13.6. The summed E-state index contributed by atoms with van der Waals surface area (Å²) in [5.41, 5.74) is 2.01. The van der Waals surface area contributed by atoms with Gasteiger partial charge in [0, 0.05) is 38.4 Å². The number of rotatable bonds is 5. The molecular weight excluding hydrogens is 489 g/mol. The summed E-state index contributed by atoms with van der Waals surface area (Å²) in [6.45, 7) is 2.40. The third-order valence-corrected chi connectivity index (χ3v) is 7.14. The molecule has 9 heteroatoms. The largest absolute Gasteiger partial charge is 0.416 e.